The van der Waals surface area contributed by atoms with Crippen molar-refractivity contribution in [1.82, 2.24) is 39.8 Å². The number of benzene rings is 1. The second kappa shape index (κ2) is 7.71. The van der Waals surface area contributed by atoms with Crippen LogP contribution in [0, 0.1) is 0 Å². The highest BCUT2D eigenvalue weighted by Gasteiger charge is 2.46. The molecule has 2 aliphatic rings. The number of rotatable bonds is 4. The number of aryl methyl sites for hydroxylation is 1. The first kappa shape index (κ1) is 20.1. The molecule has 3 heterocycles. The van der Waals surface area contributed by atoms with Crippen molar-refractivity contribution in [2.45, 2.75) is 50.1 Å². The highest BCUT2D eigenvalue weighted by atomic mass is 16.2. The first-order chi connectivity index (χ1) is 15.0. The molecule has 1 saturated heterocycles. The van der Waals surface area contributed by atoms with Gasteiger partial charge in [0.05, 0.1) is 11.6 Å². The van der Waals surface area contributed by atoms with Crippen molar-refractivity contribution < 1.29 is 4.79 Å². The van der Waals surface area contributed by atoms with E-state index >= 15 is 0 Å². The Morgan fingerprint density at radius 1 is 1.16 bits per heavy atom. The van der Waals surface area contributed by atoms with Crippen LogP contribution < -0.4 is 0 Å². The molecule has 1 atom stereocenters. The van der Waals surface area contributed by atoms with E-state index in [-0.39, 0.29) is 5.91 Å². The van der Waals surface area contributed by atoms with Crippen molar-refractivity contribution >= 4 is 16.8 Å². The monoisotopic (exact) mass is 422 g/mol. The maximum Gasteiger partial charge on any atom is 0.275 e. The van der Waals surface area contributed by atoms with Gasteiger partial charge in [0.25, 0.3) is 5.91 Å². The van der Waals surface area contributed by atoms with E-state index in [0.717, 1.165) is 42.4 Å². The minimum absolute atomic E-state index is 0.0254. The van der Waals surface area contributed by atoms with Gasteiger partial charge >= 0.3 is 0 Å². The number of likely N-dealkylation sites (N-methyl/N-ethyl adjacent to an activating group) is 1. The summed E-state index contributed by atoms with van der Waals surface area (Å²) in [7, 11) is 6.02. The molecule has 2 fully saturated rings. The summed E-state index contributed by atoms with van der Waals surface area (Å²) in [5, 5.41) is 18.4. The van der Waals surface area contributed by atoms with Gasteiger partial charge < -0.3 is 4.90 Å². The van der Waals surface area contributed by atoms with Crippen molar-refractivity contribution in [2.75, 3.05) is 27.2 Å². The van der Waals surface area contributed by atoms with Crippen LogP contribution in [0.3, 0.4) is 0 Å². The average Bonchev–Trinajstić information content (AvgIpc) is 3.53. The number of para-hydroxylation sites is 1. The van der Waals surface area contributed by atoms with Crippen molar-refractivity contribution in [3.8, 4) is 0 Å². The second-order valence-electron chi connectivity index (χ2n) is 9.13. The SMILES string of the molecule is CN(C)C1(c2nnnn2C2CCCC2)CCCN(C(=O)c2nn(C)c3ccccc23)C1. The smallest absolute Gasteiger partial charge is 0.275 e. The highest BCUT2D eigenvalue weighted by molar-refractivity contribution is 6.04. The number of aromatic nitrogens is 6. The lowest BCUT2D eigenvalue weighted by Gasteiger charge is -2.46. The molecule has 164 valence electrons. The maximum atomic E-state index is 13.6. The normalized spacial score (nSPS) is 22.6. The predicted octanol–water partition coefficient (Wildman–Crippen LogP) is 2.37. The molecule has 1 aliphatic carbocycles. The minimum atomic E-state index is -0.412. The van der Waals surface area contributed by atoms with Gasteiger partial charge in [0.2, 0.25) is 0 Å². The Bertz CT molecular complexity index is 1100. The topological polar surface area (TPSA) is 85.0 Å². The van der Waals surface area contributed by atoms with Crippen molar-refractivity contribution in [1.29, 1.82) is 0 Å². The molecule has 5 rings (SSSR count). The number of nitrogens with zero attached hydrogens (tertiary/aromatic N) is 8. The first-order valence-corrected chi connectivity index (χ1v) is 11.2. The third-order valence-electron chi connectivity index (χ3n) is 7.15. The van der Waals surface area contributed by atoms with Crippen molar-refractivity contribution in [3.05, 3.63) is 35.8 Å². The number of carbonyl (C=O) groups excluding carboxylic acids is 1. The molecular formula is C22H30N8O. The molecule has 9 heteroatoms. The van der Waals surface area contributed by atoms with Gasteiger partial charge in [0, 0.05) is 25.5 Å². The third-order valence-corrected chi connectivity index (χ3v) is 7.15. The number of piperidine rings is 1. The molecular weight excluding hydrogens is 392 g/mol. The summed E-state index contributed by atoms with van der Waals surface area (Å²) in [6.07, 6.45) is 6.48. The molecule has 1 unspecified atom stereocenters. The van der Waals surface area contributed by atoms with Gasteiger partial charge in [-0.05, 0) is 56.3 Å². The summed E-state index contributed by atoms with van der Waals surface area (Å²) in [4.78, 5) is 17.8. The Kier molecular flexibility index (Phi) is 5.00. The fraction of sp³-hybridized carbons (Fsp3) is 0.591. The standard InChI is InChI=1S/C22H30N8O/c1-27(2)22(21-23-25-26-30(21)16-9-4-5-10-16)13-8-14-29(15-22)20(31)19-17-11-6-7-12-18(17)28(3)24-19/h6-7,11-12,16H,4-5,8-10,13-15H2,1-3H3. The van der Waals surface area contributed by atoms with Crippen LogP contribution in [0.2, 0.25) is 0 Å². The molecule has 31 heavy (non-hydrogen) atoms. The summed E-state index contributed by atoms with van der Waals surface area (Å²) >= 11 is 0. The fourth-order valence-electron chi connectivity index (χ4n) is 5.37. The lowest BCUT2D eigenvalue weighted by molar-refractivity contribution is 0.0247. The van der Waals surface area contributed by atoms with Crippen LogP contribution in [0.5, 0.6) is 0 Å². The molecule has 1 amide bonds. The van der Waals surface area contributed by atoms with Gasteiger partial charge in [-0.3, -0.25) is 14.4 Å². The van der Waals surface area contributed by atoms with E-state index in [4.69, 9.17) is 0 Å². The Labute approximate surface area is 182 Å². The number of likely N-dealkylation sites (tertiary alicyclic amines) is 1. The van der Waals surface area contributed by atoms with Gasteiger partial charge in [-0.1, -0.05) is 31.0 Å². The number of carbonyl (C=O) groups is 1. The van der Waals surface area contributed by atoms with Crippen LogP contribution in [0.25, 0.3) is 10.9 Å². The van der Waals surface area contributed by atoms with Crippen molar-refractivity contribution in [2.24, 2.45) is 7.05 Å². The van der Waals surface area contributed by atoms with E-state index in [9.17, 15) is 4.79 Å². The van der Waals surface area contributed by atoms with E-state index in [2.05, 4.69) is 39.6 Å². The number of hydrogen-bond donors (Lipinski definition) is 0. The number of hydrogen-bond acceptors (Lipinski definition) is 6. The van der Waals surface area contributed by atoms with Gasteiger partial charge in [0.15, 0.2) is 11.5 Å². The number of tetrazole rings is 1. The Hall–Kier alpha value is -2.81. The lowest BCUT2D eigenvalue weighted by atomic mass is 9.86. The van der Waals surface area contributed by atoms with Gasteiger partial charge in [-0.25, -0.2) is 4.68 Å². The summed E-state index contributed by atoms with van der Waals surface area (Å²) in [5.74, 6) is 0.857. The van der Waals surface area contributed by atoms with E-state index in [1.807, 2.05) is 40.9 Å². The Balaban J connectivity index is 1.50. The molecule has 0 bridgehead atoms. The lowest BCUT2D eigenvalue weighted by Crippen LogP contribution is -2.56. The largest absolute Gasteiger partial charge is 0.335 e. The van der Waals surface area contributed by atoms with Crippen LogP contribution in [0.15, 0.2) is 24.3 Å². The summed E-state index contributed by atoms with van der Waals surface area (Å²) in [6.45, 7) is 1.27. The van der Waals surface area contributed by atoms with Gasteiger partial charge in [-0.2, -0.15) is 5.10 Å². The van der Waals surface area contributed by atoms with Crippen LogP contribution in [-0.2, 0) is 12.6 Å². The molecule has 0 spiro atoms. The quantitative estimate of drug-likeness (QED) is 0.642. The zero-order chi connectivity index (χ0) is 21.6. The second-order valence-corrected chi connectivity index (χ2v) is 9.13. The average molecular weight is 423 g/mol. The fourth-order valence-corrected chi connectivity index (χ4v) is 5.37. The summed E-state index contributed by atoms with van der Waals surface area (Å²) in [6, 6.07) is 8.25. The predicted molar refractivity (Wildman–Crippen MR) is 117 cm³/mol. The van der Waals surface area contributed by atoms with Crippen LogP contribution in [0.1, 0.15) is 60.9 Å². The zero-order valence-electron chi connectivity index (χ0n) is 18.5. The highest BCUT2D eigenvalue weighted by Crippen LogP contribution is 2.38. The summed E-state index contributed by atoms with van der Waals surface area (Å²) < 4.78 is 3.82. The third kappa shape index (κ3) is 3.22. The molecule has 3 aromatic rings. The molecule has 0 N–H and O–H groups in total. The molecule has 1 saturated carbocycles. The van der Waals surface area contributed by atoms with E-state index in [1.54, 1.807) is 4.68 Å². The molecule has 0 radical (unpaired) electrons. The summed E-state index contributed by atoms with van der Waals surface area (Å²) in [5.41, 5.74) is 1.07. The van der Waals surface area contributed by atoms with Crippen molar-refractivity contribution in [3.63, 3.8) is 0 Å². The maximum absolute atomic E-state index is 13.6. The van der Waals surface area contributed by atoms with Gasteiger partial charge in [0.1, 0.15) is 5.54 Å². The first-order valence-electron chi connectivity index (χ1n) is 11.2. The van der Waals surface area contributed by atoms with Gasteiger partial charge in [-0.15, -0.1) is 5.10 Å². The Morgan fingerprint density at radius 2 is 1.94 bits per heavy atom. The van der Waals surface area contributed by atoms with E-state index in [1.165, 1.54) is 12.8 Å². The zero-order valence-corrected chi connectivity index (χ0v) is 18.5. The minimum Gasteiger partial charge on any atom is -0.335 e. The molecule has 2 aromatic heterocycles. The number of fused-ring (bicyclic) bond motifs is 1. The van der Waals surface area contributed by atoms with Crippen LogP contribution in [0.4, 0.5) is 0 Å². The molecule has 1 aliphatic heterocycles. The molecule has 1 aromatic carbocycles. The van der Waals surface area contributed by atoms with Crippen LogP contribution >= 0.6 is 0 Å². The molecule has 9 nitrogen and oxygen atoms in total. The van der Waals surface area contributed by atoms with E-state index in [0.29, 0.717) is 24.8 Å². The Morgan fingerprint density at radius 3 is 2.71 bits per heavy atom. The number of amides is 1. The van der Waals surface area contributed by atoms with E-state index < -0.39 is 5.54 Å². The van der Waals surface area contributed by atoms with Crippen LogP contribution in [-0.4, -0.2) is 72.9 Å².